The second-order valence-electron chi connectivity index (χ2n) is 15.9. The average molecular weight is 1150 g/mol. The summed E-state index contributed by atoms with van der Waals surface area (Å²) < 4.78 is 116. The first-order valence-corrected chi connectivity index (χ1v) is 22.8. The molecular formula is C50H40F8IKN10O3. The van der Waals surface area contributed by atoms with Gasteiger partial charge in [0.1, 0.15) is 30.3 Å². The second-order valence-corrected chi connectivity index (χ2v) is 16.7. The van der Waals surface area contributed by atoms with Gasteiger partial charge in [-0.25, -0.2) is 18.1 Å². The Hall–Kier alpha value is -6.35. The summed E-state index contributed by atoms with van der Waals surface area (Å²) in [6, 6.07) is 29.9. The average Bonchev–Trinajstić information content (AvgIpc) is 4.16. The number of hydrogen-bond acceptors (Lipinski definition) is 7. The molecule has 0 aliphatic rings. The van der Waals surface area contributed by atoms with E-state index in [9.17, 15) is 44.7 Å². The van der Waals surface area contributed by atoms with Crippen molar-refractivity contribution in [2.75, 3.05) is 15.1 Å². The second kappa shape index (κ2) is 23.7. The zero-order valence-corrected chi connectivity index (χ0v) is 43.4. The number of carbonyl (C=O) groups is 2. The summed E-state index contributed by atoms with van der Waals surface area (Å²) >= 11 is 1.90. The number of nitrogens with two attached hydrogens (primary N) is 2. The Morgan fingerprint density at radius 3 is 1.55 bits per heavy atom. The molecule has 0 aliphatic carbocycles. The number of halogens is 9. The van der Waals surface area contributed by atoms with Gasteiger partial charge in [-0.1, -0.05) is 59.0 Å². The number of alkyl halides is 7. The molecule has 10 rings (SSSR count). The first-order valence-electron chi connectivity index (χ1n) is 21.3. The van der Waals surface area contributed by atoms with E-state index in [4.69, 9.17) is 5.73 Å². The smallest absolute Gasteiger partial charge is 0.870 e. The van der Waals surface area contributed by atoms with Crippen LogP contribution >= 0.6 is 22.6 Å². The molecule has 0 radical (unpaired) electrons. The zero-order valence-electron chi connectivity index (χ0n) is 38.1. The molecule has 2 amide bonds. The fourth-order valence-corrected chi connectivity index (χ4v) is 7.94. The van der Waals surface area contributed by atoms with Gasteiger partial charge < -0.3 is 37.1 Å². The maximum atomic E-state index is 14.2. The van der Waals surface area contributed by atoms with Crippen LogP contribution in [0, 0.1) is 11.6 Å². The van der Waals surface area contributed by atoms with Gasteiger partial charge in [-0.3, -0.25) is 9.59 Å². The van der Waals surface area contributed by atoms with Crippen molar-refractivity contribution in [3.8, 4) is 11.4 Å². The topological polar surface area (TPSA) is 197 Å². The Morgan fingerprint density at radius 1 is 0.616 bits per heavy atom. The van der Waals surface area contributed by atoms with Gasteiger partial charge in [0.15, 0.2) is 0 Å². The van der Waals surface area contributed by atoms with E-state index in [-0.39, 0.29) is 91.9 Å². The van der Waals surface area contributed by atoms with Crippen LogP contribution in [-0.4, -0.2) is 63.2 Å². The van der Waals surface area contributed by atoms with Crippen molar-refractivity contribution < 1.29 is 102 Å². The Labute approximate surface area is 465 Å². The number of fused-ring (bicyclic) bond motifs is 4. The van der Waals surface area contributed by atoms with Gasteiger partial charge in [0, 0.05) is 33.9 Å². The number of H-pyrrole nitrogens is 1. The standard InChI is InChI=1S/C25H19F4N5O.C23H16F4N4.C2H4INO.K.H2O/c26-18-5-7-19(8-6-18)34-21-9-4-16(12-17(21)13-31-34)24(25(27,28)29)32-20-3-1-2-15-10-11-33(23(15)20)14-22(30)35;24-17-5-7-18(8-6-17)31-20-9-4-15(12-16(20)13-29-31)22(23(25,26)27)30-19-3-1-2-14-10-11-28-21(14)19;3-1-2(4)5;;/h1-13,24,32H,14H2,(H2,30,35);1-13,22,28,30H;1H2,(H2,4,5);;1H2/q;;;+1;/p-1. The largest absolute Gasteiger partial charge is 1.00 e. The molecule has 8 N–H and O–H groups in total. The molecule has 2 unspecified atom stereocenters. The molecule has 0 aliphatic heterocycles. The predicted octanol–water partition coefficient (Wildman–Crippen LogP) is 8.42. The zero-order chi connectivity index (χ0) is 50.6. The quantitative estimate of drug-likeness (QED) is 0.0371. The van der Waals surface area contributed by atoms with Crippen molar-refractivity contribution in [1.29, 1.82) is 0 Å². The number of nitrogens with zero attached hydrogens (tertiary/aromatic N) is 5. The van der Waals surface area contributed by atoms with Crippen molar-refractivity contribution in [1.82, 2.24) is 29.1 Å². The predicted molar refractivity (Wildman–Crippen MR) is 266 cm³/mol. The summed E-state index contributed by atoms with van der Waals surface area (Å²) in [5.74, 6) is -1.64. The summed E-state index contributed by atoms with van der Waals surface area (Å²) in [6.45, 7) is -0.159. The van der Waals surface area contributed by atoms with Crippen LogP contribution in [0.5, 0.6) is 0 Å². The van der Waals surface area contributed by atoms with Crippen LogP contribution in [0.2, 0.25) is 0 Å². The van der Waals surface area contributed by atoms with Crippen LogP contribution in [-0.2, 0) is 16.1 Å². The number of aromatic nitrogens is 6. The number of carbonyl (C=O) groups excluding carboxylic acids is 2. The molecule has 372 valence electrons. The van der Waals surface area contributed by atoms with Crippen molar-refractivity contribution in [2.45, 2.75) is 31.0 Å². The van der Waals surface area contributed by atoms with Gasteiger partial charge in [-0.2, -0.15) is 36.5 Å². The minimum absolute atomic E-state index is 0. The molecule has 2 atom stereocenters. The maximum Gasteiger partial charge on any atom is 1.00 e. The number of para-hydroxylation sites is 2. The molecule has 0 bridgehead atoms. The fourth-order valence-electron chi connectivity index (χ4n) is 7.94. The molecule has 4 heterocycles. The minimum Gasteiger partial charge on any atom is -0.870 e. The number of primary amides is 2. The van der Waals surface area contributed by atoms with Crippen LogP contribution in [0.15, 0.2) is 158 Å². The molecule has 0 saturated heterocycles. The Bertz CT molecular complexity index is 3500. The van der Waals surface area contributed by atoms with E-state index < -0.39 is 36.2 Å². The first-order chi connectivity index (χ1) is 33.9. The number of rotatable bonds is 11. The van der Waals surface area contributed by atoms with E-state index in [1.165, 1.54) is 88.4 Å². The SMILES string of the molecule is Fc1ccc(-n2ncc3cc(C(Nc4cccc5cc[nH]c45)C(F)(F)F)ccc32)cc1.NC(=O)CI.NC(=O)Cn1ccc2cccc(NC(c3ccc4c(cnn4-c4ccc(F)cc4)c3)C(F)(F)F)c21.[K+].[OH-]. The van der Waals surface area contributed by atoms with Crippen molar-refractivity contribution in [3.63, 3.8) is 0 Å². The third-order valence-electron chi connectivity index (χ3n) is 11.1. The van der Waals surface area contributed by atoms with E-state index in [0.717, 1.165) is 5.39 Å². The summed E-state index contributed by atoms with van der Waals surface area (Å²) in [5, 5.41) is 16.3. The minimum atomic E-state index is -4.62. The van der Waals surface area contributed by atoms with Gasteiger partial charge in [0.05, 0.1) is 61.6 Å². The molecule has 0 spiro atoms. The third-order valence-corrected chi connectivity index (χ3v) is 11.8. The van der Waals surface area contributed by atoms with Crippen molar-refractivity contribution in [2.24, 2.45) is 11.5 Å². The number of nitrogens with one attached hydrogen (secondary N) is 3. The van der Waals surface area contributed by atoms with Crippen LogP contribution in [0.25, 0.3) is 55.0 Å². The van der Waals surface area contributed by atoms with Gasteiger partial charge in [-0.15, -0.1) is 0 Å². The first kappa shape index (κ1) is 56.0. The Morgan fingerprint density at radius 2 is 1.08 bits per heavy atom. The van der Waals surface area contributed by atoms with Crippen LogP contribution in [0.3, 0.4) is 0 Å². The van der Waals surface area contributed by atoms with Gasteiger partial charge >= 0.3 is 63.7 Å². The normalized spacial score (nSPS) is 12.2. The number of hydrogen-bond donors (Lipinski definition) is 5. The molecule has 0 fully saturated rings. The third kappa shape index (κ3) is 13.1. The van der Waals surface area contributed by atoms with E-state index >= 15 is 0 Å². The van der Waals surface area contributed by atoms with Crippen molar-refractivity contribution in [3.05, 3.63) is 181 Å². The molecule has 4 aromatic heterocycles. The molecule has 0 saturated carbocycles. The molecule has 13 nitrogen and oxygen atoms in total. The monoisotopic (exact) mass is 1150 g/mol. The maximum absolute atomic E-state index is 14.2. The fraction of sp³-hybridized carbons (Fsp3) is 0.120. The van der Waals surface area contributed by atoms with Gasteiger partial charge in [0.25, 0.3) is 0 Å². The Kier molecular flexibility index (Phi) is 18.1. The summed E-state index contributed by atoms with van der Waals surface area (Å²) in [6.07, 6.45) is -2.87. The van der Waals surface area contributed by atoms with Gasteiger partial charge in [0.2, 0.25) is 11.8 Å². The van der Waals surface area contributed by atoms with Crippen molar-refractivity contribution >= 4 is 89.4 Å². The van der Waals surface area contributed by atoms with Crippen LogP contribution in [0.4, 0.5) is 46.5 Å². The molecule has 6 aromatic carbocycles. The summed E-state index contributed by atoms with van der Waals surface area (Å²) in [5.41, 5.74) is 14.1. The van der Waals surface area contributed by atoms with E-state index in [1.54, 1.807) is 77.7 Å². The number of aromatic amines is 1. The molecule has 23 heteroatoms. The molecule has 10 aromatic rings. The Balaban J connectivity index is 0.000000214. The number of anilines is 2. The number of amides is 2. The summed E-state index contributed by atoms with van der Waals surface area (Å²) in [4.78, 5) is 24.0. The van der Waals surface area contributed by atoms with Gasteiger partial charge in [-0.05, 0) is 108 Å². The van der Waals surface area contributed by atoms with E-state index in [2.05, 4.69) is 31.5 Å². The van der Waals surface area contributed by atoms with Crippen LogP contribution < -0.4 is 73.5 Å². The van der Waals surface area contributed by atoms with E-state index in [0.29, 0.717) is 59.7 Å². The molecule has 73 heavy (non-hydrogen) atoms. The molecular weight excluding hydrogens is 1110 g/mol. The number of benzene rings is 6. The van der Waals surface area contributed by atoms with Crippen LogP contribution in [0.1, 0.15) is 23.2 Å². The summed E-state index contributed by atoms with van der Waals surface area (Å²) in [7, 11) is 0. The van der Waals surface area contributed by atoms with E-state index in [1.807, 2.05) is 28.7 Å².